The average molecular weight is 330 g/mol. The van der Waals surface area contributed by atoms with Crippen LogP contribution in [0.5, 0.6) is 0 Å². The van der Waals surface area contributed by atoms with Gasteiger partial charge in [-0.1, -0.05) is 12.1 Å². The van der Waals surface area contributed by atoms with Gasteiger partial charge in [0.1, 0.15) is 5.82 Å². The Kier molecular flexibility index (Phi) is 6.03. The van der Waals surface area contributed by atoms with Gasteiger partial charge in [0.25, 0.3) is 0 Å². The lowest BCUT2D eigenvalue weighted by atomic mass is 10.1. The van der Waals surface area contributed by atoms with E-state index in [0.29, 0.717) is 17.8 Å². The van der Waals surface area contributed by atoms with E-state index in [0.717, 1.165) is 5.56 Å². The van der Waals surface area contributed by atoms with E-state index in [1.165, 1.54) is 31.4 Å². The molecule has 24 heavy (non-hydrogen) atoms. The van der Waals surface area contributed by atoms with Crippen LogP contribution in [0.2, 0.25) is 0 Å². The third-order valence-electron chi connectivity index (χ3n) is 3.37. The predicted molar refractivity (Wildman–Crippen MR) is 89.1 cm³/mol. The normalized spacial score (nSPS) is 10.5. The zero-order chi connectivity index (χ0) is 17.5. The Labute approximate surface area is 140 Å². The van der Waals surface area contributed by atoms with Crippen molar-refractivity contribution < 1.29 is 18.7 Å². The molecule has 0 heterocycles. The summed E-state index contributed by atoms with van der Waals surface area (Å²) in [5.41, 5.74) is 2.01. The highest BCUT2D eigenvalue weighted by Gasteiger charge is 2.09. The quantitative estimate of drug-likeness (QED) is 0.828. The topological polar surface area (TPSA) is 58.6 Å². The number of carbonyl (C=O) groups is 2. The summed E-state index contributed by atoms with van der Waals surface area (Å²) >= 11 is 0. The number of halogens is 1. The maximum absolute atomic E-state index is 12.8. The second kappa shape index (κ2) is 8.21. The lowest BCUT2D eigenvalue weighted by Gasteiger charge is -2.16. The van der Waals surface area contributed by atoms with Crippen molar-refractivity contribution in [1.82, 2.24) is 4.90 Å². The summed E-state index contributed by atoms with van der Waals surface area (Å²) in [4.78, 5) is 25.2. The Hall–Kier alpha value is -2.73. The van der Waals surface area contributed by atoms with Gasteiger partial charge < -0.3 is 10.1 Å². The minimum absolute atomic E-state index is 0.185. The largest absolute Gasteiger partial charge is 0.465 e. The van der Waals surface area contributed by atoms with Crippen molar-refractivity contribution in [3.8, 4) is 0 Å². The summed E-state index contributed by atoms with van der Waals surface area (Å²) < 4.78 is 17.5. The SMILES string of the molecule is COC(=O)c1ccc(CN(C)CC(=O)Nc2ccc(F)cc2)cc1. The molecule has 2 aromatic carbocycles. The van der Waals surface area contributed by atoms with Gasteiger partial charge in [-0.25, -0.2) is 9.18 Å². The van der Waals surface area contributed by atoms with E-state index >= 15 is 0 Å². The Balaban J connectivity index is 1.85. The lowest BCUT2D eigenvalue weighted by molar-refractivity contribution is -0.117. The zero-order valence-corrected chi connectivity index (χ0v) is 13.6. The van der Waals surface area contributed by atoms with E-state index in [1.807, 2.05) is 24.1 Å². The maximum atomic E-state index is 12.8. The molecule has 0 aliphatic rings. The fourth-order valence-corrected chi connectivity index (χ4v) is 2.21. The van der Waals surface area contributed by atoms with E-state index in [-0.39, 0.29) is 24.2 Å². The first-order chi connectivity index (χ1) is 11.5. The fraction of sp³-hybridized carbons (Fsp3) is 0.222. The molecule has 0 aromatic heterocycles. The number of nitrogens with zero attached hydrogens (tertiary/aromatic N) is 1. The molecule has 0 bridgehead atoms. The second-order valence-electron chi connectivity index (χ2n) is 5.42. The van der Waals surface area contributed by atoms with E-state index in [4.69, 9.17) is 0 Å². The lowest BCUT2D eigenvalue weighted by Crippen LogP contribution is -2.29. The summed E-state index contributed by atoms with van der Waals surface area (Å²) in [5.74, 6) is -0.913. The van der Waals surface area contributed by atoms with Gasteiger partial charge in [0.2, 0.25) is 5.91 Å². The second-order valence-corrected chi connectivity index (χ2v) is 5.42. The number of ether oxygens (including phenoxy) is 1. The Bertz CT molecular complexity index is 699. The van der Waals surface area contributed by atoms with Gasteiger partial charge in [0.05, 0.1) is 19.2 Å². The summed E-state index contributed by atoms with van der Waals surface area (Å²) in [6.07, 6.45) is 0. The molecule has 5 nitrogen and oxygen atoms in total. The van der Waals surface area contributed by atoms with Crippen LogP contribution in [0, 0.1) is 5.82 Å². The van der Waals surface area contributed by atoms with Gasteiger partial charge in [-0.15, -0.1) is 0 Å². The molecule has 6 heteroatoms. The number of hydrogen-bond acceptors (Lipinski definition) is 4. The monoisotopic (exact) mass is 330 g/mol. The molecule has 0 radical (unpaired) electrons. The van der Waals surface area contributed by atoms with Crippen LogP contribution in [0.15, 0.2) is 48.5 Å². The third-order valence-corrected chi connectivity index (χ3v) is 3.37. The van der Waals surface area contributed by atoms with Gasteiger partial charge in [-0.3, -0.25) is 9.69 Å². The summed E-state index contributed by atoms with van der Waals surface area (Å²) in [5, 5.41) is 2.71. The Morgan fingerprint density at radius 1 is 1.08 bits per heavy atom. The van der Waals surface area contributed by atoms with Crippen molar-refractivity contribution in [2.24, 2.45) is 0 Å². The van der Waals surface area contributed by atoms with Gasteiger partial charge in [-0.05, 0) is 49.0 Å². The van der Waals surface area contributed by atoms with Crippen LogP contribution in [0.25, 0.3) is 0 Å². The first-order valence-corrected chi connectivity index (χ1v) is 7.39. The van der Waals surface area contributed by atoms with Crippen LogP contribution in [-0.2, 0) is 16.1 Å². The van der Waals surface area contributed by atoms with Gasteiger partial charge in [0, 0.05) is 12.2 Å². The molecule has 2 aromatic rings. The molecule has 0 unspecified atom stereocenters. The van der Waals surface area contributed by atoms with Crippen molar-refractivity contribution >= 4 is 17.6 Å². The van der Waals surface area contributed by atoms with Crippen LogP contribution in [0.4, 0.5) is 10.1 Å². The van der Waals surface area contributed by atoms with Crippen LogP contribution < -0.4 is 5.32 Å². The molecule has 0 fully saturated rings. The molecule has 0 aliphatic heterocycles. The average Bonchev–Trinajstić information content (AvgIpc) is 2.56. The first kappa shape index (κ1) is 17.6. The van der Waals surface area contributed by atoms with Crippen molar-refractivity contribution in [1.29, 1.82) is 0 Å². The molecule has 1 amide bonds. The number of esters is 1. The molecule has 126 valence electrons. The molecule has 0 saturated heterocycles. The number of rotatable bonds is 6. The molecule has 2 rings (SSSR count). The van der Waals surface area contributed by atoms with E-state index in [9.17, 15) is 14.0 Å². The molecular formula is C18H19FN2O3. The minimum atomic E-state index is -0.381. The van der Waals surface area contributed by atoms with Crippen LogP contribution >= 0.6 is 0 Å². The molecular weight excluding hydrogens is 311 g/mol. The number of likely N-dealkylation sites (N-methyl/N-ethyl adjacent to an activating group) is 1. The van der Waals surface area contributed by atoms with E-state index in [2.05, 4.69) is 10.1 Å². The third kappa shape index (κ3) is 5.17. The molecule has 1 N–H and O–H groups in total. The fourth-order valence-electron chi connectivity index (χ4n) is 2.21. The van der Waals surface area contributed by atoms with Crippen molar-refractivity contribution in [2.75, 3.05) is 26.0 Å². The van der Waals surface area contributed by atoms with Crippen LogP contribution in [-0.4, -0.2) is 37.5 Å². The van der Waals surface area contributed by atoms with Crippen molar-refractivity contribution in [2.45, 2.75) is 6.54 Å². The number of amides is 1. The molecule has 0 atom stereocenters. The summed E-state index contributed by atoms with van der Waals surface area (Å²) in [6.45, 7) is 0.744. The zero-order valence-electron chi connectivity index (χ0n) is 13.6. The van der Waals surface area contributed by atoms with Crippen molar-refractivity contribution in [3.63, 3.8) is 0 Å². The maximum Gasteiger partial charge on any atom is 0.337 e. The number of nitrogens with one attached hydrogen (secondary N) is 1. The molecule has 0 aliphatic carbocycles. The predicted octanol–water partition coefficient (Wildman–Crippen LogP) is 2.68. The smallest absolute Gasteiger partial charge is 0.337 e. The number of carbonyl (C=O) groups excluding carboxylic acids is 2. The van der Waals surface area contributed by atoms with Gasteiger partial charge in [-0.2, -0.15) is 0 Å². The van der Waals surface area contributed by atoms with E-state index in [1.54, 1.807) is 12.1 Å². The van der Waals surface area contributed by atoms with Crippen LogP contribution in [0.1, 0.15) is 15.9 Å². The minimum Gasteiger partial charge on any atom is -0.465 e. The standard InChI is InChI=1S/C18H19FN2O3/c1-21(11-13-3-5-14(6-4-13)18(23)24-2)12-17(22)20-16-9-7-15(19)8-10-16/h3-10H,11-12H2,1-2H3,(H,20,22). The van der Waals surface area contributed by atoms with Gasteiger partial charge >= 0.3 is 5.97 Å². The first-order valence-electron chi connectivity index (χ1n) is 7.39. The number of benzene rings is 2. The summed E-state index contributed by atoms with van der Waals surface area (Å²) in [7, 11) is 3.15. The highest BCUT2D eigenvalue weighted by atomic mass is 19.1. The Morgan fingerprint density at radius 3 is 2.29 bits per heavy atom. The molecule has 0 saturated carbocycles. The highest BCUT2D eigenvalue weighted by molar-refractivity contribution is 5.92. The van der Waals surface area contributed by atoms with E-state index < -0.39 is 0 Å². The number of hydrogen-bond donors (Lipinski definition) is 1. The Morgan fingerprint density at radius 2 is 1.71 bits per heavy atom. The number of methoxy groups -OCH3 is 1. The van der Waals surface area contributed by atoms with Crippen LogP contribution in [0.3, 0.4) is 0 Å². The summed E-state index contributed by atoms with van der Waals surface area (Å²) in [6, 6.07) is 12.6. The number of anilines is 1. The molecule has 0 spiro atoms. The van der Waals surface area contributed by atoms with Crippen molar-refractivity contribution in [3.05, 3.63) is 65.5 Å². The highest BCUT2D eigenvalue weighted by Crippen LogP contribution is 2.10. The van der Waals surface area contributed by atoms with Gasteiger partial charge in [0.15, 0.2) is 0 Å².